The SMILES string of the molecule is O=C(O)C(Cc1cccc(CN2CCN(Cc3cccc(CC(C(=O)O)[C@H]4CCNC4)c3)CCN(Cc3cccc(C[C@H](C(=O)O)[C@H]4CCNC4)c3)CCN(Cc3cccc(C[C@H](C(=O)O)[C@H]4CCNC4)c3)CC2)c1)[C@H]1CCNC1. The van der Waals surface area contributed by atoms with Crippen LogP contribution in [0.3, 0.4) is 0 Å². The molecule has 4 aromatic rings. The van der Waals surface area contributed by atoms with Gasteiger partial charge >= 0.3 is 23.9 Å². The van der Waals surface area contributed by atoms with Crippen molar-refractivity contribution in [1.82, 2.24) is 40.9 Å². The maximum absolute atomic E-state index is 12.6. The molecule has 0 aliphatic carbocycles. The lowest BCUT2D eigenvalue weighted by atomic mass is 9.86. The first-order valence-corrected chi connectivity index (χ1v) is 29.8. The van der Waals surface area contributed by atoms with Gasteiger partial charge in [-0.05, 0) is 172 Å². The lowest BCUT2D eigenvalue weighted by Gasteiger charge is -2.35. The summed E-state index contributed by atoms with van der Waals surface area (Å²) in [5, 5.41) is 54.8. The highest BCUT2D eigenvalue weighted by Crippen LogP contribution is 2.29. The Balaban J connectivity index is 0.983. The predicted molar refractivity (Wildman–Crippen MR) is 310 cm³/mol. The summed E-state index contributed by atoms with van der Waals surface area (Å²) in [6.07, 6.45) is 5.44. The highest BCUT2D eigenvalue weighted by atomic mass is 16.4. The van der Waals surface area contributed by atoms with E-state index in [9.17, 15) is 39.6 Å². The van der Waals surface area contributed by atoms with Crippen LogP contribution < -0.4 is 21.3 Å². The summed E-state index contributed by atoms with van der Waals surface area (Å²) in [6.45, 7) is 15.4. The number of nitrogens with zero attached hydrogens (tertiary/aromatic N) is 4. The van der Waals surface area contributed by atoms with Crippen LogP contribution >= 0.6 is 0 Å². The van der Waals surface area contributed by atoms with Gasteiger partial charge in [0.15, 0.2) is 0 Å². The van der Waals surface area contributed by atoms with E-state index in [2.05, 4.69) is 138 Å². The second-order valence-electron chi connectivity index (χ2n) is 24.0. The zero-order valence-electron chi connectivity index (χ0n) is 46.9. The molecule has 0 amide bonds. The van der Waals surface area contributed by atoms with E-state index in [4.69, 9.17) is 0 Å². The summed E-state index contributed by atoms with van der Waals surface area (Å²) in [5.74, 6) is -4.32. The van der Waals surface area contributed by atoms with Crippen molar-refractivity contribution in [3.63, 3.8) is 0 Å². The van der Waals surface area contributed by atoms with Crippen LogP contribution in [0.5, 0.6) is 0 Å². The third-order valence-electron chi connectivity index (χ3n) is 18.3. The molecule has 0 bridgehead atoms. The van der Waals surface area contributed by atoms with Crippen molar-refractivity contribution in [2.75, 3.05) is 105 Å². The fourth-order valence-electron chi connectivity index (χ4n) is 13.6. The number of carboxylic acid groups (broad SMARTS) is 4. The Morgan fingerprint density at radius 2 is 0.550 bits per heavy atom. The van der Waals surface area contributed by atoms with E-state index < -0.39 is 47.5 Å². The van der Waals surface area contributed by atoms with Crippen LogP contribution in [-0.2, 0) is 71.0 Å². The molecular weight excluding hydrogens is 1010 g/mol. The van der Waals surface area contributed by atoms with Crippen molar-refractivity contribution >= 4 is 23.9 Å². The Morgan fingerprint density at radius 3 is 0.725 bits per heavy atom. The molecule has 0 aromatic heterocycles. The number of rotatable bonds is 24. The molecule has 2 unspecified atom stereocenters. The van der Waals surface area contributed by atoms with Gasteiger partial charge in [-0.15, -0.1) is 0 Å². The Kier molecular flexibility index (Phi) is 21.7. The highest BCUT2D eigenvalue weighted by Gasteiger charge is 2.34. The summed E-state index contributed by atoms with van der Waals surface area (Å²) < 4.78 is 0. The largest absolute Gasteiger partial charge is 0.481 e. The average Bonchev–Trinajstić information content (AvgIpc) is 4.32. The lowest BCUT2D eigenvalue weighted by molar-refractivity contribution is -0.144. The molecule has 8 N–H and O–H groups in total. The quantitative estimate of drug-likeness (QED) is 0.0441. The van der Waals surface area contributed by atoms with Crippen molar-refractivity contribution in [2.24, 2.45) is 47.3 Å². The van der Waals surface area contributed by atoms with Crippen molar-refractivity contribution in [2.45, 2.75) is 77.5 Å². The van der Waals surface area contributed by atoms with E-state index in [0.717, 1.165) is 175 Å². The first-order valence-electron chi connectivity index (χ1n) is 29.8. The molecular formula is C64H88N8O8. The topological polar surface area (TPSA) is 210 Å². The molecule has 5 fully saturated rings. The molecule has 9 rings (SSSR count). The maximum Gasteiger partial charge on any atom is 0.307 e. The fourth-order valence-corrected chi connectivity index (χ4v) is 13.6. The number of benzene rings is 4. The summed E-state index contributed by atoms with van der Waals surface area (Å²) in [7, 11) is 0. The molecule has 80 heavy (non-hydrogen) atoms. The minimum atomic E-state index is -0.738. The molecule has 0 radical (unpaired) electrons. The van der Waals surface area contributed by atoms with Crippen molar-refractivity contribution in [3.8, 4) is 0 Å². The summed E-state index contributed by atoms with van der Waals surface area (Å²) >= 11 is 0. The van der Waals surface area contributed by atoms with Crippen molar-refractivity contribution in [3.05, 3.63) is 142 Å². The molecule has 5 saturated heterocycles. The monoisotopic (exact) mass is 1100 g/mol. The molecule has 5 heterocycles. The van der Waals surface area contributed by atoms with Crippen LogP contribution in [-0.4, -0.2) is 169 Å². The molecule has 432 valence electrons. The van der Waals surface area contributed by atoms with Crippen molar-refractivity contribution < 1.29 is 39.6 Å². The molecule has 4 aromatic carbocycles. The van der Waals surface area contributed by atoms with Crippen LogP contribution in [0.4, 0.5) is 0 Å². The Hall–Kier alpha value is -5.56. The van der Waals surface area contributed by atoms with E-state index in [0.29, 0.717) is 51.9 Å². The fraction of sp³-hybridized carbons (Fsp3) is 0.562. The minimum Gasteiger partial charge on any atom is -0.481 e. The smallest absolute Gasteiger partial charge is 0.307 e. The molecule has 0 saturated carbocycles. The third kappa shape index (κ3) is 17.2. The summed E-state index contributed by atoms with van der Waals surface area (Å²) in [6, 6.07) is 34.1. The highest BCUT2D eigenvalue weighted by molar-refractivity contribution is 5.72. The number of carbonyl (C=O) groups is 4. The van der Waals surface area contributed by atoms with Crippen LogP contribution in [0.15, 0.2) is 97.1 Å². The van der Waals surface area contributed by atoms with Crippen LogP contribution in [0.1, 0.15) is 70.2 Å². The van der Waals surface area contributed by atoms with E-state index in [1.54, 1.807) is 0 Å². The zero-order chi connectivity index (χ0) is 55.8. The maximum atomic E-state index is 12.6. The zero-order valence-corrected chi connectivity index (χ0v) is 46.9. The van der Waals surface area contributed by atoms with Gasteiger partial charge < -0.3 is 41.7 Å². The molecule has 5 aliphatic heterocycles. The van der Waals surface area contributed by atoms with Gasteiger partial charge in [0.2, 0.25) is 0 Å². The van der Waals surface area contributed by atoms with Gasteiger partial charge in [-0.2, -0.15) is 0 Å². The van der Waals surface area contributed by atoms with Gasteiger partial charge in [0.05, 0.1) is 23.7 Å². The molecule has 16 nitrogen and oxygen atoms in total. The normalized spacial score (nSPS) is 23.7. The van der Waals surface area contributed by atoms with E-state index in [1.807, 2.05) is 0 Å². The molecule has 16 heteroatoms. The van der Waals surface area contributed by atoms with Crippen molar-refractivity contribution in [1.29, 1.82) is 0 Å². The average molecular weight is 1100 g/mol. The number of aliphatic carboxylic acids is 4. The Labute approximate surface area is 473 Å². The molecule has 5 aliphatic rings. The number of nitrogens with one attached hydrogen (secondary N) is 4. The van der Waals surface area contributed by atoms with E-state index in [-0.39, 0.29) is 23.7 Å². The van der Waals surface area contributed by atoms with Gasteiger partial charge in [-0.25, -0.2) is 0 Å². The standard InChI is InChI=1S/C64H88N8O8/c73-61(74)57(53-13-17-65-37-53)33-45-5-1-9-49(29-45)41-69-21-23-70(42-50-10-2-6-46(30-50)34-58(62(75)76)54-14-18-66-38-54)25-27-72(44-52-12-4-8-48(32-52)36-60(64(79)80)56-16-20-68-40-56)28-26-71(24-22-69)43-51-11-3-7-47(31-51)35-59(63(77)78)55-15-19-67-39-55/h1-12,29-32,53-60,65-68H,13-28,33-44H2,(H,73,74)(H,75,76)(H,77,78)(H,79,80)/t53-,54-,55-,56-,57-,58-,59?,60?/m0/s1. The van der Waals surface area contributed by atoms with Gasteiger partial charge in [-0.1, -0.05) is 97.1 Å². The van der Waals surface area contributed by atoms with Crippen LogP contribution in [0.25, 0.3) is 0 Å². The molecule has 8 atom stereocenters. The van der Waals surface area contributed by atoms with Gasteiger partial charge in [0.25, 0.3) is 0 Å². The Morgan fingerprint density at radius 1 is 0.350 bits per heavy atom. The molecule has 0 spiro atoms. The van der Waals surface area contributed by atoms with Crippen LogP contribution in [0, 0.1) is 47.3 Å². The first kappa shape index (κ1) is 59.1. The number of hydrogen-bond acceptors (Lipinski definition) is 12. The minimum absolute atomic E-state index is 0.104. The van der Waals surface area contributed by atoms with Gasteiger partial charge in [-0.3, -0.25) is 38.8 Å². The second kappa shape index (κ2) is 29.4. The van der Waals surface area contributed by atoms with Crippen LogP contribution in [0.2, 0.25) is 0 Å². The third-order valence-corrected chi connectivity index (χ3v) is 18.3. The predicted octanol–water partition coefficient (Wildman–Crippen LogP) is 5.42. The summed E-state index contributed by atoms with van der Waals surface area (Å²) in [5.41, 5.74) is 8.78. The van der Waals surface area contributed by atoms with Gasteiger partial charge in [0, 0.05) is 78.5 Å². The van der Waals surface area contributed by atoms with E-state index >= 15 is 0 Å². The van der Waals surface area contributed by atoms with E-state index in [1.165, 1.54) is 0 Å². The summed E-state index contributed by atoms with van der Waals surface area (Å²) in [4.78, 5) is 60.5. The van der Waals surface area contributed by atoms with Gasteiger partial charge in [0.1, 0.15) is 0 Å². The Bertz CT molecular complexity index is 2270. The second-order valence-corrected chi connectivity index (χ2v) is 24.0. The lowest BCUT2D eigenvalue weighted by Crippen LogP contribution is -2.45. The number of hydrogen-bond donors (Lipinski definition) is 8. The first-order chi connectivity index (χ1) is 38.9. The number of carboxylic acids is 4.